The van der Waals surface area contributed by atoms with Crippen LogP contribution in [0.1, 0.15) is 26.7 Å². The Morgan fingerprint density at radius 2 is 2.27 bits per heavy atom. The van der Waals surface area contributed by atoms with E-state index in [0.717, 1.165) is 6.61 Å². The van der Waals surface area contributed by atoms with Crippen LogP contribution in [0.25, 0.3) is 0 Å². The second kappa shape index (κ2) is 3.91. The van der Waals surface area contributed by atoms with Gasteiger partial charge in [-0.25, -0.2) is 0 Å². The standard InChI is InChI=1S/C10H18O/c1-4-9-6-5-7-11-10(9)8(2)3/h4,8-10H,1,5-7H2,2-3H3/t9-,10+/m0/s1. The Morgan fingerprint density at radius 1 is 1.55 bits per heavy atom. The van der Waals surface area contributed by atoms with Gasteiger partial charge in [-0.15, -0.1) is 6.58 Å². The van der Waals surface area contributed by atoms with E-state index in [1.54, 1.807) is 0 Å². The average molecular weight is 154 g/mol. The molecule has 1 fully saturated rings. The van der Waals surface area contributed by atoms with Gasteiger partial charge in [-0.2, -0.15) is 0 Å². The highest BCUT2D eigenvalue weighted by Crippen LogP contribution is 2.26. The van der Waals surface area contributed by atoms with Gasteiger partial charge < -0.3 is 4.74 Å². The summed E-state index contributed by atoms with van der Waals surface area (Å²) in [5.74, 6) is 1.21. The number of ether oxygens (including phenoxy) is 1. The van der Waals surface area contributed by atoms with Crippen molar-refractivity contribution in [3.63, 3.8) is 0 Å². The maximum absolute atomic E-state index is 5.67. The van der Waals surface area contributed by atoms with Gasteiger partial charge in [0.1, 0.15) is 0 Å². The van der Waals surface area contributed by atoms with Gasteiger partial charge in [0.25, 0.3) is 0 Å². The Balaban J connectivity index is 2.51. The molecule has 0 spiro atoms. The van der Waals surface area contributed by atoms with E-state index >= 15 is 0 Å². The lowest BCUT2D eigenvalue weighted by atomic mass is 9.88. The summed E-state index contributed by atoms with van der Waals surface area (Å²) >= 11 is 0. The van der Waals surface area contributed by atoms with Gasteiger partial charge in [0, 0.05) is 12.5 Å². The summed E-state index contributed by atoms with van der Waals surface area (Å²) < 4.78 is 5.67. The Bertz CT molecular complexity index is 129. The first-order chi connectivity index (χ1) is 5.25. The van der Waals surface area contributed by atoms with Gasteiger partial charge in [-0.05, 0) is 18.8 Å². The zero-order valence-corrected chi connectivity index (χ0v) is 7.55. The highest BCUT2D eigenvalue weighted by Gasteiger charge is 2.25. The summed E-state index contributed by atoms with van der Waals surface area (Å²) in [6, 6.07) is 0. The SMILES string of the molecule is C=C[C@H]1CCCO[C@@H]1C(C)C. The molecule has 0 aromatic carbocycles. The molecule has 1 saturated heterocycles. The number of rotatable bonds is 2. The van der Waals surface area contributed by atoms with Gasteiger partial charge >= 0.3 is 0 Å². The quantitative estimate of drug-likeness (QED) is 0.555. The van der Waals surface area contributed by atoms with Crippen molar-refractivity contribution in [2.45, 2.75) is 32.8 Å². The van der Waals surface area contributed by atoms with Crippen LogP contribution in [-0.4, -0.2) is 12.7 Å². The summed E-state index contributed by atoms with van der Waals surface area (Å²) in [5, 5.41) is 0. The molecule has 64 valence electrons. The molecule has 0 bridgehead atoms. The second-order valence-electron chi connectivity index (χ2n) is 3.62. The molecule has 0 N–H and O–H groups in total. The summed E-state index contributed by atoms with van der Waals surface area (Å²) in [4.78, 5) is 0. The molecule has 0 aromatic rings. The van der Waals surface area contributed by atoms with Gasteiger partial charge in [-0.1, -0.05) is 19.9 Å². The molecule has 2 atom stereocenters. The zero-order chi connectivity index (χ0) is 8.27. The molecule has 1 nitrogen and oxygen atoms in total. The third-order valence-electron chi connectivity index (χ3n) is 2.37. The van der Waals surface area contributed by atoms with Crippen LogP contribution in [0.3, 0.4) is 0 Å². The van der Waals surface area contributed by atoms with Crippen molar-refractivity contribution in [1.29, 1.82) is 0 Å². The van der Waals surface area contributed by atoms with Crippen LogP contribution in [0.5, 0.6) is 0 Å². The first kappa shape index (κ1) is 8.79. The van der Waals surface area contributed by atoms with Crippen LogP contribution in [0.4, 0.5) is 0 Å². The molecule has 0 radical (unpaired) electrons. The van der Waals surface area contributed by atoms with Crippen LogP contribution in [0.15, 0.2) is 12.7 Å². The first-order valence-corrected chi connectivity index (χ1v) is 4.50. The van der Waals surface area contributed by atoms with Crippen molar-refractivity contribution in [2.24, 2.45) is 11.8 Å². The monoisotopic (exact) mass is 154 g/mol. The molecule has 1 rings (SSSR count). The lowest BCUT2D eigenvalue weighted by molar-refractivity contribution is -0.0375. The summed E-state index contributed by atoms with van der Waals surface area (Å²) in [7, 11) is 0. The van der Waals surface area contributed by atoms with Gasteiger partial charge in [-0.3, -0.25) is 0 Å². The molecule has 1 aliphatic heterocycles. The zero-order valence-electron chi connectivity index (χ0n) is 7.55. The summed E-state index contributed by atoms with van der Waals surface area (Å²) in [5.41, 5.74) is 0. The topological polar surface area (TPSA) is 9.23 Å². The molecule has 0 unspecified atom stereocenters. The summed E-state index contributed by atoms with van der Waals surface area (Å²) in [6.07, 6.45) is 4.91. The van der Waals surface area contributed by atoms with Crippen molar-refractivity contribution in [2.75, 3.05) is 6.61 Å². The van der Waals surface area contributed by atoms with Gasteiger partial charge in [0.2, 0.25) is 0 Å². The highest BCUT2D eigenvalue weighted by molar-refractivity contribution is 4.88. The van der Waals surface area contributed by atoms with Crippen molar-refractivity contribution >= 4 is 0 Å². The van der Waals surface area contributed by atoms with E-state index in [9.17, 15) is 0 Å². The Morgan fingerprint density at radius 3 is 2.73 bits per heavy atom. The molecule has 0 amide bonds. The van der Waals surface area contributed by atoms with Crippen LogP contribution >= 0.6 is 0 Å². The smallest absolute Gasteiger partial charge is 0.0660 e. The maximum atomic E-state index is 5.67. The minimum absolute atomic E-state index is 0.418. The van der Waals surface area contributed by atoms with E-state index in [4.69, 9.17) is 4.74 Å². The van der Waals surface area contributed by atoms with Crippen LogP contribution in [0, 0.1) is 11.8 Å². The lowest BCUT2D eigenvalue weighted by Gasteiger charge is -2.32. The normalized spacial score (nSPS) is 32.3. The average Bonchev–Trinajstić information content (AvgIpc) is 2.04. The largest absolute Gasteiger partial charge is 0.377 e. The second-order valence-corrected chi connectivity index (χ2v) is 3.62. The fourth-order valence-electron chi connectivity index (χ4n) is 1.77. The highest BCUT2D eigenvalue weighted by atomic mass is 16.5. The van der Waals surface area contributed by atoms with E-state index < -0.39 is 0 Å². The third-order valence-corrected chi connectivity index (χ3v) is 2.37. The Hall–Kier alpha value is -0.300. The molecule has 0 saturated carbocycles. The predicted octanol–water partition coefficient (Wildman–Crippen LogP) is 2.62. The van der Waals surface area contributed by atoms with Crippen molar-refractivity contribution in [3.05, 3.63) is 12.7 Å². The Labute approximate surface area is 69.4 Å². The predicted molar refractivity (Wildman–Crippen MR) is 47.5 cm³/mol. The van der Waals surface area contributed by atoms with Gasteiger partial charge in [0.05, 0.1) is 6.10 Å². The van der Waals surface area contributed by atoms with Crippen LogP contribution in [0.2, 0.25) is 0 Å². The molecular weight excluding hydrogens is 136 g/mol. The molecule has 11 heavy (non-hydrogen) atoms. The molecular formula is C10H18O. The van der Waals surface area contributed by atoms with Crippen LogP contribution in [-0.2, 0) is 4.74 Å². The summed E-state index contributed by atoms with van der Waals surface area (Å²) in [6.45, 7) is 9.20. The fourth-order valence-corrected chi connectivity index (χ4v) is 1.77. The van der Waals surface area contributed by atoms with Crippen LogP contribution < -0.4 is 0 Å². The van der Waals surface area contributed by atoms with Gasteiger partial charge in [0.15, 0.2) is 0 Å². The van der Waals surface area contributed by atoms with E-state index in [2.05, 4.69) is 20.4 Å². The Kier molecular flexibility index (Phi) is 3.13. The van der Waals surface area contributed by atoms with E-state index in [-0.39, 0.29) is 0 Å². The maximum Gasteiger partial charge on any atom is 0.0660 e. The number of hydrogen-bond acceptors (Lipinski definition) is 1. The number of hydrogen-bond donors (Lipinski definition) is 0. The third kappa shape index (κ3) is 2.06. The van der Waals surface area contributed by atoms with E-state index in [1.165, 1.54) is 12.8 Å². The van der Waals surface area contributed by atoms with Crippen molar-refractivity contribution in [1.82, 2.24) is 0 Å². The molecule has 1 heterocycles. The minimum atomic E-state index is 0.418. The fraction of sp³-hybridized carbons (Fsp3) is 0.800. The molecule has 0 aliphatic carbocycles. The molecule has 1 heteroatoms. The van der Waals surface area contributed by atoms with Crippen molar-refractivity contribution in [3.8, 4) is 0 Å². The molecule has 1 aliphatic rings. The van der Waals surface area contributed by atoms with E-state index in [0.29, 0.717) is 17.9 Å². The first-order valence-electron chi connectivity index (χ1n) is 4.50. The van der Waals surface area contributed by atoms with E-state index in [1.807, 2.05) is 6.08 Å². The van der Waals surface area contributed by atoms with Crippen molar-refractivity contribution < 1.29 is 4.74 Å². The minimum Gasteiger partial charge on any atom is -0.377 e. The molecule has 0 aromatic heterocycles. The lowest BCUT2D eigenvalue weighted by Crippen LogP contribution is -2.32.